The second kappa shape index (κ2) is 11.7. The maximum absolute atomic E-state index is 9.43. The van der Waals surface area contributed by atoms with Gasteiger partial charge in [0, 0.05) is 28.2 Å². The third-order valence-corrected chi connectivity index (χ3v) is 0.422. The summed E-state index contributed by atoms with van der Waals surface area (Å²) in [6, 6.07) is 0. The lowest BCUT2D eigenvalue weighted by Crippen LogP contribution is -2.06. The van der Waals surface area contributed by atoms with E-state index >= 15 is 0 Å². The zero-order chi connectivity index (χ0) is 8.57. The molecule has 0 fully saturated rings. The monoisotopic (exact) mass is 163 g/mol. The topological polar surface area (TPSA) is 75.6 Å². The number of carbonyl (C=O) groups is 2. The van der Waals surface area contributed by atoms with E-state index in [1.807, 2.05) is 0 Å². The lowest BCUT2D eigenvalue weighted by atomic mass is 11.0. The molecule has 0 aliphatic rings. The van der Waals surface area contributed by atoms with Crippen LogP contribution in [0.4, 0.5) is 0 Å². The molecule has 0 atom stereocenters. The van der Waals surface area contributed by atoms with Crippen molar-refractivity contribution in [3.05, 3.63) is 0 Å². The molecule has 0 unspecified atom stereocenters. The minimum absolute atomic E-state index is 0. The standard InChI is InChI=1S/2C3H7NO.H3N/c2*1-4(2)3-5;/h2*3H,1-2H3;1H3. The molecule has 0 aromatic heterocycles. The van der Waals surface area contributed by atoms with Crippen LogP contribution in [0, 0.1) is 0 Å². The summed E-state index contributed by atoms with van der Waals surface area (Å²) in [6.07, 6.45) is 1.50. The van der Waals surface area contributed by atoms with E-state index in [0.29, 0.717) is 0 Å². The molecule has 0 bridgehead atoms. The Morgan fingerprint density at radius 3 is 0.909 bits per heavy atom. The lowest BCUT2D eigenvalue weighted by molar-refractivity contribution is -0.116. The molecule has 0 rings (SSSR count). The maximum Gasteiger partial charge on any atom is 0.209 e. The summed E-state index contributed by atoms with van der Waals surface area (Å²) in [6.45, 7) is 0. The van der Waals surface area contributed by atoms with E-state index < -0.39 is 0 Å². The van der Waals surface area contributed by atoms with Gasteiger partial charge in [-0.1, -0.05) is 0 Å². The highest BCUT2D eigenvalue weighted by Gasteiger charge is 1.68. The zero-order valence-corrected chi connectivity index (χ0v) is 7.57. The molecule has 0 aliphatic heterocycles. The van der Waals surface area contributed by atoms with Gasteiger partial charge in [0.15, 0.2) is 0 Å². The Labute approximate surface area is 67.5 Å². The molecule has 3 N–H and O–H groups in total. The average molecular weight is 163 g/mol. The number of carbonyl (C=O) groups excluding carboxylic acids is 2. The van der Waals surface area contributed by atoms with Gasteiger partial charge in [-0.15, -0.1) is 0 Å². The predicted molar refractivity (Wildman–Crippen MR) is 44.5 cm³/mol. The summed E-state index contributed by atoms with van der Waals surface area (Å²) < 4.78 is 0. The number of rotatable bonds is 2. The summed E-state index contributed by atoms with van der Waals surface area (Å²) in [5, 5.41) is 0. The lowest BCUT2D eigenvalue weighted by Gasteiger charge is -1.93. The maximum atomic E-state index is 9.43. The van der Waals surface area contributed by atoms with Crippen molar-refractivity contribution in [2.45, 2.75) is 0 Å². The highest BCUT2D eigenvalue weighted by molar-refractivity contribution is 5.45. The minimum Gasteiger partial charge on any atom is -0.351 e. The van der Waals surface area contributed by atoms with Crippen LogP contribution in [-0.4, -0.2) is 50.8 Å². The smallest absolute Gasteiger partial charge is 0.209 e. The molecule has 68 valence electrons. The Morgan fingerprint density at radius 2 is 0.909 bits per heavy atom. The van der Waals surface area contributed by atoms with E-state index in [4.69, 9.17) is 0 Å². The fourth-order valence-corrected chi connectivity index (χ4v) is 0. The Hall–Kier alpha value is -1.10. The van der Waals surface area contributed by atoms with E-state index in [2.05, 4.69) is 0 Å². The molecule has 11 heavy (non-hydrogen) atoms. The van der Waals surface area contributed by atoms with Crippen LogP contribution in [-0.2, 0) is 9.59 Å². The van der Waals surface area contributed by atoms with Crippen molar-refractivity contribution >= 4 is 12.8 Å². The van der Waals surface area contributed by atoms with E-state index in [1.54, 1.807) is 28.2 Å². The van der Waals surface area contributed by atoms with Crippen molar-refractivity contribution in [1.29, 1.82) is 0 Å². The van der Waals surface area contributed by atoms with Gasteiger partial charge in [0.25, 0.3) is 0 Å². The summed E-state index contributed by atoms with van der Waals surface area (Å²) in [5.41, 5.74) is 0. The van der Waals surface area contributed by atoms with Gasteiger partial charge in [0.1, 0.15) is 0 Å². The van der Waals surface area contributed by atoms with Crippen LogP contribution in [0.15, 0.2) is 0 Å². The number of nitrogens with zero attached hydrogens (tertiary/aromatic N) is 2. The molecule has 0 heterocycles. The van der Waals surface area contributed by atoms with Gasteiger partial charge < -0.3 is 16.0 Å². The summed E-state index contributed by atoms with van der Waals surface area (Å²) in [7, 11) is 6.75. The Bertz CT molecular complexity index is 81.8. The molecule has 0 spiro atoms. The first-order chi connectivity index (χ1) is 4.54. The fraction of sp³-hybridized carbons (Fsp3) is 0.667. The summed E-state index contributed by atoms with van der Waals surface area (Å²) in [5.74, 6) is 0. The van der Waals surface area contributed by atoms with Crippen molar-refractivity contribution < 1.29 is 9.59 Å². The molecule has 0 aromatic rings. The van der Waals surface area contributed by atoms with E-state index in [9.17, 15) is 9.59 Å². The van der Waals surface area contributed by atoms with E-state index in [1.165, 1.54) is 9.80 Å². The predicted octanol–water partition coefficient (Wildman–Crippen LogP) is -0.429. The van der Waals surface area contributed by atoms with Gasteiger partial charge in [0.2, 0.25) is 12.8 Å². The van der Waals surface area contributed by atoms with Gasteiger partial charge in [-0.25, -0.2) is 0 Å². The van der Waals surface area contributed by atoms with Gasteiger partial charge in [0.05, 0.1) is 0 Å². The molecule has 0 saturated carbocycles. The number of amides is 2. The van der Waals surface area contributed by atoms with Crippen LogP contribution < -0.4 is 6.15 Å². The largest absolute Gasteiger partial charge is 0.351 e. The van der Waals surface area contributed by atoms with Gasteiger partial charge in [-0.3, -0.25) is 9.59 Å². The minimum atomic E-state index is 0. The first-order valence-corrected chi connectivity index (χ1v) is 2.78. The normalized spacial score (nSPS) is 6.18. The van der Waals surface area contributed by atoms with Gasteiger partial charge >= 0.3 is 0 Å². The van der Waals surface area contributed by atoms with Crippen molar-refractivity contribution in [1.82, 2.24) is 16.0 Å². The number of hydrogen-bond donors (Lipinski definition) is 1. The average Bonchev–Trinajstić information content (AvgIpc) is 1.89. The first kappa shape index (κ1) is 16.5. The van der Waals surface area contributed by atoms with Crippen molar-refractivity contribution in [2.24, 2.45) is 0 Å². The van der Waals surface area contributed by atoms with Crippen LogP contribution in [0.5, 0.6) is 0 Å². The van der Waals surface area contributed by atoms with Crippen LogP contribution >= 0.6 is 0 Å². The summed E-state index contributed by atoms with van der Waals surface area (Å²) >= 11 is 0. The molecule has 0 radical (unpaired) electrons. The van der Waals surface area contributed by atoms with Crippen molar-refractivity contribution in [3.8, 4) is 0 Å². The highest BCUT2D eigenvalue weighted by Crippen LogP contribution is 1.52. The van der Waals surface area contributed by atoms with Crippen molar-refractivity contribution in [3.63, 3.8) is 0 Å². The first-order valence-electron chi connectivity index (χ1n) is 2.78. The Kier molecular flexibility index (Phi) is 17.5. The second-order valence-electron chi connectivity index (χ2n) is 2.14. The SMILES string of the molecule is CN(C)C=O.CN(C)C=O.N. The molecular formula is C6H17N3O2. The van der Waals surface area contributed by atoms with Crippen LogP contribution in [0.2, 0.25) is 0 Å². The molecule has 0 aliphatic carbocycles. The van der Waals surface area contributed by atoms with E-state index in [-0.39, 0.29) is 6.15 Å². The van der Waals surface area contributed by atoms with Crippen molar-refractivity contribution in [2.75, 3.05) is 28.2 Å². The molecule has 5 heteroatoms. The van der Waals surface area contributed by atoms with Crippen LogP contribution in [0.25, 0.3) is 0 Å². The third-order valence-electron chi connectivity index (χ3n) is 0.422. The number of hydrogen-bond acceptors (Lipinski definition) is 3. The molecule has 0 aromatic carbocycles. The van der Waals surface area contributed by atoms with Crippen LogP contribution in [0.1, 0.15) is 0 Å². The zero-order valence-electron chi connectivity index (χ0n) is 7.57. The molecule has 2 amide bonds. The van der Waals surface area contributed by atoms with E-state index in [0.717, 1.165) is 12.8 Å². The molecule has 5 nitrogen and oxygen atoms in total. The van der Waals surface area contributed by atoms with Gasteiger partial charge in [-0.05, 0) is 0 Å². The Morgan fingerprint density at radius 1 is 0.818 bits per heavy atom. The molecule has 0 saturated heterocycles. The van der Waals surface area contributed by atoms with Gasteiger partial charge in [-0.2, -0.15) is 0 Å². The molecular weight excluding hydrogens is 146 g/mol. The Balaban J connectivity index is -0.000000107. The second-order valence-corrected chi connectivity index (χ2v) is 2.14. The summed E-state index contributed by atoms with van der Waals surface area (Å²) in [4.78, 5) is 21.8. The quantitative estimate of drug-likeness (QED) is 0.561. The highest BCUT2D eigenvalue weighted by atomic mass is 16.1. The van der Waals surface area contributed by atoms with Crippen LogP contribution in [0.3, 0.4) is 0 Å². The third kappa shape index (κ3) is 50.4. The fourth-order valence-electron chi connectivity index (χ4n) is 0.